The number of anilines is 1. The van der Waals surface area contributed by atoms with Crippen LogP contribution in [0.2, 0.25) is 0 Å². The molecule has 2 aromatic heterocycles. The number of aryl methyl sites for hydroxylation is 1. The van der Waals surface area contributed by atoms with E-state index in [9.17, 15) is 4.79 Å². The van der Waals surface area contributed by atoms with Crippen molar-refractivity contribution in [3.05, 3.63) is 49.3 Å². The molecule has 1 atom stereocenters. The van der Waals surface area contributed by atoms with Crippen molar-refractivity contribution in [2.24, 2.45) is 7.05 Å². The number of carbonyl (C=O) groups is 1. The van der Waals surface area contributed by atoms with Crippen LogP contribution in [0.5, 0.6) is 0 Å². The predicted molar refractivity (Wildman–Crippen MR) is 90.3 cm³/mol. The summed E-state index contributed by atoms with van der Waals surface area (Å²) in [6.07, 6.45) is 6.71. The predicted octanol–water partition coefficient (Wildman–Crippen LogP) is 1.89. The Morgan fingerprint density at radius 3 is 2.96 bits per heavy atom. The average Bonchev–Trinajstić information content (AvgIpc) is 3.18. The Hall–Kier alpha value is -3.16. The molecule has 8 nitrogen and oxygen atoms in total. The van der Waals surface area contributed by atoms with Gasteiger partial charge in [-0.1, -0.05) is 12.1 Å². The van der Waals surface area contributed by atoms with Crippen LogP contribution in [0.3, 0.4) is 0 Å². The number of urea groups is 1. The third kappa shape index (κ3) is 3.78. The fourth-order valence-corrected chi connectivity index (χ4v) is 2.42. The molecule has 0 aliphatic heterocycles. The number of hydrogen-bond acceptors (Lipinski definition) is 4. The normalized spacial score (nSPS) is 11.9. The van der Waals surface area contributed by atoms with E-state index in [1.54, 1.807) is 17.2 Å². The molecule has 2 amide bonds. The molecule has 0 fully saturated rings. The van der Waals surface area contributed by atoms with Crippen molar-refractivity contribution < 1.29 is 4.79 Å². The zero-order chi connectivity index (χ0) is 16.9. The maximum absolute atomic E-state index is 12.1. The summed E-state index contributed by atoms with van der Waals surface area (Å²) < 4.78 is 3.60. The van der Waals surface area contributed by atoms with Gasteiger partial charge in [-0.3, -0.25) is 4.68 Å². The topological polar surface area (TPSA) is 89.7 Å². The van der Waals surface area contributed by atoms with Gasteiger partial charge in [0.1, 0.15) is 18.5 Å². The largest absolute Gasteiger partial charge is 0.334 e. The van der Waals surface area contributed by atoms with Crippen LogP contribution in [0.4, 0.5) is 10.5 Å². The highest BCUT2D eigenvalue weighted by atomic mass is 16.2. The minimum Gasteiger partial charge on any atom is -0.334 e. The van der Waals surface area contributed by atoms with E-state index >= 15 is 0 Å². The van der Waals surface area contributed by atoms with Gasteiger partial charge in [-0.05, 0) is 19.1 Å². The lowest BCUT2D eigenvalue weighted by Gasteiger charge is -2.14. The third-order valence-corrected chi connectivity index (χ3v) is 3.50. The Kier molecular flexibility index (Phi) is 4.55. The number of rotatable bonds is 5. The van der Waals surface area contributed by atoms with Crippen LogP contribution in [0.25, 0.3) is 11.4 Å². The highest BCUT2D eigenvalue weighted by molar-refractivity contribution is 5.90. The van der Waals surface area contributed by atoms with E-state index in [1.165, 1.54) is 6.33 Å². The van der Waals surface area contributed by atoms with Gasteiger partial charge in [-0.2, -0.15) is 5.10 Å². The van der Waals surface area contributed by atoms with Gasteiger partial charge >= 0.3 is 6.03 Å². The summed E-state index contributed by atoms with van der Waals surface area (Å²) in [6.45, 7) is 2.46. The van der Waals surface area contributed by atoms with E-state index in [4.69, 9.17) is 0 Å². The minimum absolute atomic E-state index is 0.0792. The molecule has 8 heteroatoms. The Morgan fingerprint density at radius 2 is 2.25 bits per heavy atom. The molecule has 0 bridgehead atoms. The zero-order valence-electron chi connectivity index (χ0n) is 13.5. The third-order valence-electron chi connectivity index (χ3n) is 3.50. The van der Waals surface area contributed by atoms with Gasteiger partial charge in [0.05, 0.1) is 6.54 Å². The maximum Gasteiger partial charge on any atom is 0.319 e. The lowest BCUT2D eigenvalue weighted by Crippen LogP contribution is -2.38. The summed E-state index contributed by atoms with van der Waals surface area (Å²) >= 11 is 0. The van der Waals surface area contributed by atoms with E-state index in [1.807, 2.05) is 49.0 Å². The molecule has 24 heavy (non-hydrogen) atoms. The number of benzene rings is 1. The molecule has 0 radical (unpaired) electrons. The van der Waals surface area contributed by atoms with Crippen LogP contribution in [0, 0.1) is 0 Å². The molecule has 2 N–H and O–H groups in total. The first kappa shape index (κ1) is 15.7. The number of imidazole rings is 1. The van der Waals surface area contributed by atoms with Crippen molar-refractivity contribution in [2.45, 2.75) is 19.5 Å². The Labute approximate surface area is 139 Å². The number of nitrogens with zero attached hydrogens (tertiary/aromatic N) is 5. The molecular weight excluding hydrogens is 306 g/mol. The van der Waals surface area contributed by atoms with Gasteiger partial charge in [-0.15, -0.1) is 0 Å². The van der Waals surface area contributed by atoms with Gasteiger partial charge in [0.25, 0.3) is 0 Å². The summed E-state index contributed by atoms with van der Waals surface area (Å²) in [4.78, 5) is 20.3. The van der Waals surface area contributed by atoms with E-state index in [2.05, 4.69) is 25.7 Å². The fraction of sp³-hybridized carbons (Fsp3) is 0.250. The Balaban J connectivity index is 1.61. The fourth-order valence-electron chi connectivity index (χ4n) is 2.42. The Bertz CT molecular complexity index is 809. The quantitative estimate of drug-likeness (QED) is 0.749. The number of aromatic nitrogens is 5. The molecule has 2 heterocycles. The van der Waals surface area contributed by atoms with Crippen molar-refractivity contribution >= 4 is 11.7 Å². The van der Waals surface area contributed by atoms with E-state index in [0.29, 0.717) is 12.2 Å². The summed E-state index contributed by atoms with van der Waals surface area (Å²) in [5.41, 5.74) is 1.65. The number of amides is 2. The number of hydrogen-bond donors (Lipinski definition) is 2. The van der Waals surface area contributed by atoms with Crippen LogP contribution in [0.1, 0.15) is 6.92 Å². The lowest BCUT2D eigenvalue weighted by molar-refractivity contribution is 0.247. The Morgan fingerprint density at radius 1 is 1.38 bits per heavy atom. The van der Waals surface area contributed by atoms with Gasteiger partial charge in [-0.25, -0.2) is 14.8 Å². The first-order valence-corrected chi connectivity index (χ1v) is 7.59. The highest BCUT2D eigenvalue weighted by Crippen LogP contribution is 2.20. The second kappa shape index (κ2) is 6.95. The number of nitrogens with one attached hydrogen (secondary N) is 2. The van der Waals surface area contributed by atoms with Crippen molar-refractivity contribution in [1.29, 1.82) is 0 Å². The standard InChI is InChI=1S/C16H19N7O/c1-12(9-23-11-17-10-19-23)20-16(24)21-14-5-3-4-13(8-14)15-18-6-7-22(15)2/h3-8,10-12H,9H2,1-2H3,(H2,20,21,24)/t12-/m0/s1. The lowest BCUT2D eigenvalue weighted by atomic mass is 10.2. The van der Waals surface area contributed by atoms with Gasteiger partial charge in [0, 0.05) is 36.7 Å². The van der Waals surface area contributed by atoms with Gasteiger partial charge in [0.2, 0.25) is 0 Å². The van der Waals surface area contributed by atoms with Crippen molar-refractivity contribution in [1.82, 2.24) is 29.6 Å². The van der Waals surface area contributed by atoms with Crippen molar-refractivity contribution in [3.63, 3.8) is 0 Å². The average molecular weight is 325 g/mol. The second-order valence-electron chi connectivity index (χ2n) is 5.56. The molecule has 0 saturated carbocycles. The SMILES string of the molecule is C[C@@H](Cn1cncn1)NC(=O)Nc1cccc(-c2nccn2C)c1. The summed E-state index contributed by atoms with van der Waals surface area (Å²) in [6, 6.07) is 7.24. The van der Waals surface area contributed by atoms with Crippen LogP contribution >= 0.6 is 0 Å². The summed E-state index contributed by atoms with van der Waals surface area (Å²) in [5, 5.41) is 9.74. The molecule has 0 spiro atoms. The first-order chi connectivity index (χ1) is 11.6. The molecule has 3 aromatic rings. The molecule has 0 aliphatic carbocycles. The number of carbonyl (C=O) groups excluding carboxylic acids is 1. The van der Waals surface area contributed by atoms with Crippen LogP contribution in [0.15, 0.2) is 49.3 Å². The monoisotopic (exact) mass is 325 g/mol. The molecular formula is C16H19N7O. The van der Waals surface area contributed by atoms with Crippen molar-refractivity contribution in [3.8, 4) is 11.4 Å². The smallest absolute Gasteiger partial charge is 0.319 e. The van der Waals surface area contributed by atoms with Gasteiger partial charge in [0.15, 0.2) is 0 Å². The van der Waals surface area contributed by atoms with Crippen molar-refractivity contribution in [2.75, 3.05) is 5.32 Å². The second-order valence-corrected chi connectivity index (χ2v) is 5.56. The summed E-state index contributed by atoms with van der Waals surface area (Å²) in [7, 11) is 1.93. The molecule has 0 saturated heterocycles. The molecule has 0 unspecified atom stereocenters. The molecule has 1 aromatic carbocycles. The highest BCUT2D eigenvalue weighted by Gasteiger charge is 2.10. The zero-order valence-corrected chi connectivity index (χ0v) is 13.5. The summed E-state index contributed by atoms with van der Waals surface area (Å²) in [5.74, 6) is 0.846. The molecule has 3 rings (SSSR count). The van der Waals surface area contributed by atoms with Crippen LogP contribution in [-0.2, 0) is 13.6 Å². The van der Waals surface area contributed by atoms with E-state index in [-0.39, 0.29) is 12.1 Å². The van der Waals surface area contributed by atoms with E-state index in [0.717, 1.165) is 11.4 Å². The van der Waals surface area contributed by atoms with Crippen LogP contribution < -0.4 is 10.6 Å². The first-order valence-electron chi connectivity index (χ1n) is 7.59. The van der Waals surface area contributed by atoms with Crippen LogP contribution in [-0.4, -0.2) is 36.4 Å². The molecule has 0 aliphatic rings. The molecule has 124 valence electrons. The maximum atomic E-state index is 12.1. The minimum atomic E-state index is -0.264. The van der Waals surface area contributed by atoms with E-state index < -0.39 is 0 Å². The van der Waals surface area contributed by atoms with Gasteiger partial charge < -0.3 is 15.2 Å².